The van der Waals surface area contributed by atoms with E-state index < -0.39 is 0 Å². The van der Waals surface area contributed by atoms with Crippen LogP contribution in [0, 0.1) is 23.7 Å². The smallest absolute Gasteiger partial charge is 0.0417 e. The molecule has 0 bridgehead atoms. The van der Waals surface area contributed by atoms with Gasteiger partial charge in [0, 0.05) is 0 Å². The maximum absolute atomic E-state index is 2.47. The van der Waals surface area contributed by atoms with Crippen LogP contribution >= 0.6 is 0 Å². The van der Waals surface area contributed by atoms with Crippen molar-refractivity contribution in [2.75, 3.05) is 0 Å². The lowest BCUT2D eigenvalue weighted by atomic mass is 9.88. The van der Waals surface area contributed by atoms with Crippen molar-refractivity contribution in [1.82, 2.24) is 0 Å². The van der Waals surface area contributed by atoms with E-state index in [2.05, 4.69) is 41.5 Å². The van der Waals surface area contributed by atoms with Crippen LogP contribution in [-0.4, -0.2) is 0 Å². The highest BCUT2D eigenvalue weighted by Crippen LogP contribution is 2.23. The van der Waals surface area contributed by atoms with Gasteiger partial charge in [0.05, 0.1) is 0 Å². The summed E-state index contributed by atoms with van der Waals surface area (Å²) in [5, 5.41) is 0. The minimum absolute atomic E-state index is 0.872. The van der Waals surface area contributed by atoms with E-state index >= 15 is 0 Å². The summed E-state index contributed by atoms with van der Waals surface area (Å²) in [6.07, 6.45) is 17.3. The van der Waals surface area contributed by atoms with Crippen LogP contribution < -0.4 is 0 Å². The maximum atomic E-state index is 2.47. The summed E-state index contributed by atoms with van der Waals surface area (Å²) in [5.41, 5.74) is 0. The molecule has 0 spiro atoms. The Kier molecular flexibility index (Phi) is 14.6. The molecule has 0 N–H and O–H groups in total. The summed E-state index contributed by atoms with van der Waals surface area (Å²) >= 11 is 0. The van der Waals surface area contributed by atoms with Crippen molar-refractivity contribution in [1.29, 1.82) is 0 Å². The van der Waals surface area contributed by atoms with Gasteiger partial charge in [0.1, 0.15) is 0 Å². The first-order valence-electron chi connectivity index (χ1n) is 10.5. The minimum Gasteiger partial charge on any atom is -0.0651 e. The molecule has 0 aliphatic heterocycles. The largest absolute Gasteiger partial charge is 0.0651 e. The van der Waals surface area contributed by atoms with Gasteiger partial charge in [0.2, 0.25) is 0 Å². The lowest BCUT2D eigenvalue weighted by molar-refractivity contribution is 0.347. The zero-order chi connectivity index (χ0) is 16.8. The third-order valence-electron chi connectivity index (χ3n) is 5.41. The molecular formula is C22H46. The van der Waals surface area contributed by atoms with Crippen molar-refractivity contribution in [3.05, 3.63) is 0 Å². The van der Waals surface area contributed by atoms with Gasteiger partial charge in [-0.1, -0.05) is 106 Å². The molecule has 0 heterocycles. The quantitative estimate of drug-likeness (QED) is 0.267. The monoisotopic (exact) mass is 310 g/mol. The van der Waals surface area contributed by atoms with E-state index in [-0.39, 0.29) is 0 Å². The van der Waals surface area contributed by atoms with Gasteiger partial charge in [-0.05, 0) is 36.5 Å². The summed E-state index contributed by atoms with van der Waals surface area (Å²) in [5.74, 6) is 3.73. The molecule has 0 fully saturated rings. The van der Waals surface area contributed by atoms with Crippen LogP contribution in [0.25, 0.3) is 0 Å². The standard InChI is InChI=1S/C22H46/c1-7-22(8-2)18-21(6)16-14-12-10-9-11-13-15-20(5)17-19(3)4/h19-22H,7-18H2,1-6H3. The molecular weight excluding hydrogens is 264 g/mol. The zero-order valence-corrected chi connectivity index (χ0v) is 16.8. The highest BCUT2D eigenvalue weighted by atomic mass is 14.2. The fourth-order valence-electron chi connectivity index (χ4n) is 3.92. The molecule has 0 nitrogen and oxygen atoms in total. The van der Waals surface area contributed by atoms with Crippen LogP contribution in [0.2, 0.25) is 0 Å². The van der Waals surface area contributed by atoms with Crippen molar-refractivity contribution in [3.63, 3.8) is 0 Å². The average molecular weight is 311 g/mol. The van der Waals surface area contributed by atoms with Gasteiger partial charge in [0.15, 0.2) is 0 Å². The summed E-state index contributed by atoms with van der Waals surface area (Å²) in [7, 11) is 0. The Balaban J connectivity index is 3.36. The topological polar surface area (TPSA) is 0 Å². The molecule has 0 aromatic heterocycles. The van der Waals surface area contributed by atoms with E-state index in [0.29, 0.717) is 0 Å². The molecule has 0 saturated heterocycles. The Labute approximate surface area is 142 Å². The number of unbranched alkanes of at least 4 members (excludes halogenated alkanes) is 5. The number of hydrogen-bond donors (Lipinski definition) is 0. The molecule has 0 aliphatic carbocycles. The first-order chi connectivity index (χ1) is 10.5. The molecule has 134 valence electrons. The Hall–Kier alpha value is 0. The lowest BCUT2D eigenvalue weighted by Gasteiger charge is -2.18. The van der Waals surface area contributed by atoms with Crippen LogP contribution in [0.4, 0.5) is 0 Å². The van der Waals surface area contributed by atoms with Gasteiger partial charge in [-0.2, -0.15) is 0 Å². The normalized spacial score (nSPS) is 14.7. The van der Waals surface area contributed by atoms with Crippen LogP contribution in [-0.2, 0) is 0 Å². The highest BCUT2D eigenvalue weighted by molar-refractivity contribution is 4.62. The van der Waals surface area contributed by atoms with Crippen molar-refractivity contribution < 1.29 is 0 Å². The van der Waals surface area contributed by atoms with Gasteiger partial charge in [0.25, 0.3) is 0 Å². The van der Waals surface area contributed by atoms with Crippen LogP contribution in [0.3, 0.4) is 0 Å². The van der Waals surface area contributed by atoms with Gasteiger partial charge < -0.3 is 0 Å². The van der Waals surface area contributed by atoms with Crippen molar-refractivity contribution in [2.45, 2.75) is 119 Å². The van der Waals surface area contributed by atoms with E-state index in [9.17, 15) is 0 Å². The second-order valence-electron chi connectivity index (χ2n) is 8.46. The summed E-state index contributed by atoms with van der Waals surface area (Å²) in [6, 6.07) is 0. The second kappa shape index (κ2) is 14.6. The lowest BCUT2D eigenvalue weighted by Crippen LogP contribution is -2.04. The molecule has 0 aromatic rings. The number of rotatable bonds is 15. The summed E-state index contributed by atoms with van der Waals surface area (Å²) in [6.45, 7) is 14.3. The molecule has 0 rings (SSSR count). The van der Waals surface area contributed by atoms with E-state index in [1.165, 1.54) is 77.0 Å². The third-order valence-corrected chi connectivity index (χ3v) is 5.41. The van der Waals surface area contributed by atoms with E-state index in [4.69, 9.17) is 0 Å². The van der Waals surface area contributed by atoms with Crippen LogP contribution in [0.15, 0.2) is 0 Å². The van der Waals surface area contributed by atoms with Gasteiger partial charge in [-0.25, -0.2) is 0 Å². The predicted molar refractivity (Wildman–Crippen MR) is 103 cm³/mol. The third kappa shape index (κ3) is 13.6. The fourth-order valence-corrected chi connectivity index (χ4v) is 3.92. The second-order valence-corrected chi connectivity index (χ2v) is 8.46. The van der Waals surface area contributed by atoms with E-state index in [1.54, 1.807) is 0 Å². The Morgan fingerprint density at radius 2 is 0.955 bits per heavy atom. The Bertz CT molecular complexity index is 214. The van der Waals surface area contributed by atoms with Crippen molar-refractivity contribution in [3.8, 4) is 0 Å². The molecule has 2 atom stereocenters. The fraction of sp³-hybridized carbons (Fsp3) is 1.00. The molecule has 0 aromatic carbocycles. The molecule has 0 heteroatoms. The SMILES string of the molecule is CCC(CC)CC(C)CCCCCCCCC(C)CC(C)C. The minimum atomic E-state index is 0.872. The average Bonchev–Trinajstić information content (AvgIpc) is 2.46. The van der Waals surface area contributed by atoms with E-state index in [0.717, 1.165) is 23.7 Å². The van der Waals surface area contributed by atoms with E-state index in [1.807, 2.05) is 0 Å². The maximum Gasteiger partial charge on any atom is -0.0417 e. The first-order valence-corrected chi connectivity index (χ1v) is 10.5. The first kappa shape index (κ1) is 22.0. The molecule has 2 unspecified atom stereocenters. The molecule has 0 radical (unpaired) electrons. The zero-order valence-electron chi connectivity index (χ0n) is 16.8. The predicted octanol–water partition coefficient (Wildman–Crippen LogP) is 8.25. The molecule has 22 heavy (non-hydrogen) atoms. The van der Waals surface area contributed by atoms with Crippen LogP contribution in [0.5, 0.6) is 0 Å². The van der Waals surface area contributed by atoms with Gasteiger partial charge >= 0.3 is 0 Å². The molecule has 0 aliphatic rings. The summed E-state index contributed by atoms with van der Waals surface area (Å²) in [4.78, 5) is 0. The number of hydrogen-bond acceptors (Lipinski definition) is 0. The van der Waals surface area contributed by atoms with Gasteiger partial charge in [-0.3, -0.25) is 0 Å². The van der Waals surface area contributed by atoms with Crippen molar-refractivity contribution in [2.24, 2.45) is 23.7 Å². The Morgan fingerprint density at radius 3 is 1.36 bits per heavy atom. The van der Waals surface area contributed by atoms with Crippen molar-refractivity contribution >= 4 is 0 Å². The highest BCUT2D eigenvalue weighted by Gasteiger charge is 2.09. The van der Waals surface area contributed by atoms with Crippen LogP contribution in [0.1, 0.15) is 119 Å². The summed E-state index contributed by atoms with van der Waals surface area (Å²) < 4.78 is 0. The Morgan fingerprint density at radius 1 is 0.545 bits per heavy atom. The van der Waals surface area contributed by atoms with Gasteiger partial charge in [-0.15, -0.1) is 0 Å². The molecule has 0 saturated carbocycles. The molecule has 0 amide bonds.